The van der Waals surface area contributed by atoms with Gasteiger partial charge in [-0.1, -0.05) is 0 Å². The van der Waals surface area contributed by atoms with Gasteiger partial charge in [0.1, 0.15) is 17.7 Å². The maximum Gasteiger partial charge on any atom is 0.338 e. The van der Waals surface area contributed by atoms with Crippen molar-refractivity contribution in [3.8, 4) is 0 Å². The van der Waals surface area contributed by atoms with Gasteiger partial charge in [0.05, 0.1) is 5.56 Å². The summed E-state index contributed by atoms with van der Waals surface area (Å²) < 4.78 is 31.6. The summed E-state index contributed by atoms with van der Waals surface area (Å²) in [6.45, 7) is 0. The van der Waals surface area contributed by atoms with Crippen LogP contribution in [-0.2, 0) is 4.74 Å². The predicted molar refractivity (Wildman–Crippen MR) is 69.4 cm³/mol. The molecular formula is C15H17F2NO2. The molecule has 20 heavy (non-hydrogen) atoms. The van der Waals surface area contributed by atoms with Gasteiger partial charge in [-0.25, -0.2) is 13.6 Å². The molecule has 1 aromatic carbocycles. The van der Waals surface area contributed by atoms with Crippen molar-refractivity contribution in [1.82, 2.24) is 4.90 Å². The number of ether oxygens (including phenoxy) is 1. The zero-order valence-electron chi connectivity index (χ0n) is 11.3. The minimum atomic E-state index is -0.764. The molecule has 3 nitrogen and oxygen atoms in total. The van der Waals surface area contributed by atoms with Crippen molar-refractivity contribution in [2.24, 2.45) is 0 Å². The van der Waals surface area contributed by atoms with E-state index in [0.717, 1.165) is 43.9 Å². The molecule has 108 valence electrons. The van der Waals surface area contributed by atoms with Crippen LogP contribution in [0.4, 0.5) is 8.78 Å². The van der Waals surface area contributed by atoms with E-state index in [1.807, 2.05) is 0 Å². The van der Waals surface area contributed by atoms with E-state index in [-0.39, 0.29) is 11.7 Å². The van der Waals surface area contributed by atoms with Crippen molar-refractivity contribution in [3.05, 3.63) is 35.4 Å². The Morgan fingerprint density at radius 3 is 2.25 bits per heavy atom. The molecule has 2 bridgehead atoms. The number of esters is 1. The average molecular weight is 281 g/mol. The smallest absolute Gasteiger partial charge is 0.338 e. The van der Waals surface area contributed by atoms with E-state index < -0.39 is 17.6 Å². The molecule has 2 aliphatic heterocycles. The fraction of sp³-hybridized carbons (Fsp3) is 0.533. The second-order valence-corrected chi connectivity index (χ2v) is 5.71. The van der Waals surface area contributed by atoms with Crippen LogP contribution in [0.1, 0.15) is 36.0 Å². The third-order valence-corrected chi connectivity index (χ3v) is 4.43. The van der Waals surface area contributed by atoms with Crippen LogP contribution in [0.25, 0.3) is 0 Å². The Labute approximate surface area is 116 Å². The second kappa shape index (κ2) is 5.13. The molecule has 0 aromatic heterocycles. The molecule has 3 rings (SSSR count). The van der Waals surface area contributed by atoms with E-state index >= 15 is 0 Å². The van der Waals surface area contributed by atoms with Crippen LogP contribution in [0, 0.1) is 11.6 Å². The second-order valence-electron chi connectivity index (χ2n) is 5.71. The molecule has 2 aliphatic rings. The number of carbonyl (C=O) groups excluding carboxylic acids is 1. The SMILES string of the molecule is CN1[C@@H]2CC[C@H]1CC(OC(=O)c1cc(F)cc(F)c1)C2. The van der Waals surface area contributed by atoms with Gasteiger partial charge in [-0.3, -0.25) is 0 Å². The summed E-state index contributed by atoms with van der Waals surface area (Å²) in [7, 11) is 2.10. The highest BCUT2D eigenvalue weighted by molar-refractivity contribution is 5.89. The Morgan fingerprint density at radius 1 is 1.15 bits per heavy atom. The minimum Gasteiger partial charge on any atom is -0.459 e. The Hall–Kier alpha value is -1.49. The molecule has 2 fully saturated rings. The Bertz CT molecular complexity index is 500. The summed E-state index contributed by atoms with van der Waals surface area (Å²) in [5, 5.41) is 0. The van der Waals surface area contributed by atoms with Crippen LogP contribution in [0.5, 0.6) is 0 Å². The number of benzene rings is 1. The van der Waals surface area contributed by atoms with Gasteiger partial charge < -0.3 is 9.64 Å². The van der Waals surface area contributed by atoms with Crippen molar-refractivity contribution in [1.29, 1.82) is 0 Å². The summed E-state index contributed by atoms with van der Waals surface area (Å²) in [6.07, 6.45) is 3.71. The number of hydrogen-bond donors (Lipinski definition) is 0. The lowest BCUT2D eigenvalue weighted by atomic mass is 10.0. The first-order chi connectivity index (χ1) is 9.52. The van der Waals surface area contributed by atoms with E-state index in [1.54, 1.807) is 0 Å². The summed E-state index contributed by atoms with van der Waals surface area (Å²) in [4.78, 5) is 14.3. The molecule has 5 heteroatoms. The van der Waals surface area contributed by atoms with E-state index in [9.17, 15) is 13.6 Å². The number of fused-ring (bicyclic) bond motifs is 2. The lowest BCUT2D eigenvalue weighted by Crippen LogP contribution is -2.43. The molecule has 0 saturated carbocycles. The topological polar surface area (TPSA) is 29.5 Å². The van der Waals surface area contributed by atoms with E-state index in [4.69, 9.17) is 4.74 Å². The van der Waals surface area contributed by atoms with Gasteiger partial charge in [0.25, 0.3) is 0 Å². The highest BCUT2D eigenvalue weighted by atomic mass is 19.1. The third kappa shape index (κ3) is 2.54. The lowest BCUT2D eigenvalue weighted by molar-refractivity contribution is -0.000533. The van der Waals surface area contributed by atoms with Crippen LogP contribution >= 0.6 is 0 Å². The lowest BCUT2D eigenvalue weighted by Gasteiger charge is -2.35. The Kier molecular flexibility index (Phi) is 3.46. The predicted octanol–water partition coefficient (Wildman–Crippen LogP) is 2.75. The number of nitrogens with zero attached hydrogens (tertiary/aromatic N) is 1. The number of halogens is 2. The zero-order valence-corrected chi connectivity index (χ0v) is 11.3. The van der Waals surface area contributed by atoms with Crippen LogP contribution in [0.2, 0.25) is 0 Å². The molecule has 0 aliphatic carbocycles. The Morgan fingerprint density at radius 2 is 1.70 bits per heavy atom. The summed E-state index contributed by atoms with van der Waals surface area (Å²) >= 11 is 0. The molecule has 0 spiro atoms. The molecule has 3 atom stereocenters. The first-order valence-corrected chi connectivity index (χ1v) is 6.92. The standard InChI is InChI=1S/C15H17F2NO2/c1-18-12-2-3-13(18)8-14(7-12)20-15(19)9-4-10(16)6-11(17)5-9/h4-6,12-14H,2-3,7-8H2,1H3/t12-,13+,14?. The molecule has 0 N–H and O–H groups in total. The normalized spacial score (nSPS) is 29.4. The van der Waals surface area contributed by atoms with Crippen LogP contribution in [0.3, 0.4) is 0 Å². The minimum absolute atomic E-state index is 0.0613. The van der Waals surface area contributed by atoms with Crippen LogP contribution < -0.4 is 0 Å². The van der Waals surface area contributed by atoms with Gasteiger partial charge in [-0.15, -0.1) is 0 Å². The zero-order chi connectivity index (χ0) is 14.3. The first-order valence-electron chi connectivity index (χ1n) is 6.92. The maximum absolute atomic E-state index is 13.1. The molecule has 0 radical (unpaired) electrons. The van der Waals surface area contributed by atoms with Crippen molar-refractivity contribution in [3.63, 3.8) is 0 Å². The van der Waals surface area contributed by atoms with Crippen molar-refractivity contribution in [2.75, 3.05) is 7.05 Å². The van der Waals surface area contributed by atoms with Crippen molar-refractivity contribution < 1.29 is 18.3 Å². The summed E-state index contributed by atoms with van der Waals surface area (Å²) in [5.41, 5.74) is -0.0613. The van der Waals surface area contributed by atoms with Gasteiger partial charge in [0.15, 0.2) is 0 Å². The molecule has 2 saturated heterocycles. The molecular weight excluding hydrogens is 264 g/mol. The number of carbonyl (C=O) groups is 1. The van der Waals surface area contributed by atoms with E-state index in [1.165, 1.54) is 0 Å². The van der Waals surface area contributed by atoms with Crippen molar-refractivity contribution in [2.45, 2.75) is 43.9 Å². The first kappa shape index (κ1) is 13.5. The van der Waals surface area contributed by atoms with Gasteiger partial charge in [0.2, 0.25) is 0 Å². The van der Waals surface area contributed by atoms with Gasteiger partial charge in [-0.2, -0.15) is 0 Å². The monoisotopic (exact) mass is 281 g/mol. The number of rotatable bonds is 2. The van der Waals surface area contributed by atoms with Gasteiger partial charge in [-0.05, 0) is 32.0 Å². The number of piperidine rings is 1. The Balaban J connectivity index is 1.67. The van der Waals surface area contributed by atoms with Crippen LogP contribution in [-0.4, -0.2) is 36.1 Å². The average Bonchev–Trinajstić information content (AvgIpc) is 2.61. The van der Waals surface area contributed by atoms with Crippen molar-refractivity contribution >= 4 is 5.97 Å². The fourth-order valence-electron chi connectivity index (χ4n) is 3.35. The third-order valence-electron chi connectivity index (χ3n) is 4.43. The summed E-state index contributed by atoms with van der Waals surface area (Å²) in [5.74, 6) is -2.17. The molecule has 0 amide bonds. The highest BCUT2D eigenvalue weighted by Crippen LogP contribution is 2.35. The highest BCUT2D eigenvalue weighted by Gasteiger charge is 2.39. The molecule has 2 heterocycles. The van der Waals surface area contributed by atoms with Crippen LogP contribution in [0.15, 0.2) is 18.2 Å². The molecule has 1 unspecified atom stereocenters. The summed E-state index contributed by atoms with van der Waals surface area (Å²) in [6, 6.07) is 3.67. The van der Waals surface area contributed by atoms with Gasteiger partial charge in [0, 0.05) is 31.0 Å². The maximum atomic E-state index is 13.1. The van der Waals surface area contributed by atoms with E-state index in [2.05, 4.69) is 11.9 Å². The largest absolute Gasteiger partial charge is 0.459 e. The van der Waals surface area contributed by atoms with Gasteiger partial charge >= 0.3 is 5.97 Å². The fourth-order valence-corrected chi connectivity index (χ4v) is 3.35. The quantitative estimate of drug-likeness (QED) is 0.781. The number of hydrogen-bond acceptors (Lipinski definition) is 3. The van der Waals surface area contributed by atoms with E-state index in [0.29, 0.717) is 12.1 Å². The molecule has 1 aromatic rings.